The van der Waals surface area contributed by atoms with E-state index in [9.17, 15) is 27.6 Å². The fraction of sp³-hybridized carbons (Fsp3) is 0.333. The van der Waals surface area contributed by atoms with E-state index in [0.29, 0.717) is 12.8 Å². The lowest BCUT2D eigenvalue weighted by Crippen LogP contribution is -2.45. The molecule has 0 saturated heterocycles. The van der Waals surface area contributed by atoms with Crippen molar-refractivity contribution in [1.29, 1.82) is 0 Å². The number of nitrogens with zero attached hydrogens (tertiary/aromatic N) is 1. The Balaban J connectivity index is 1.61. The molecule has 2 aliphatic rings. The van der Waals surface area contributed by atoms with Crippen LogP contribution in [0.1, 0.15) is 63.9 Å². The Kier molecular flexibility index (Phi) is 5.92. The highest BCUT2D eigenvalue weighted by molar-refractivity contribution is 7.92. The first-order valence-corrected chi connectivity index (χ1v) is 12.2. The standard InChI is InChI=1S/C24H24N2O6S/c1-14-6-9-18(12-15(14)2)33(31,32)25-16-7-10-19-20(13-16)24(30)26(23(19)29)21-11-8-17(27)4-3-5-22(21)28/h6-7,9-10,12-13,21,25H,3-5,8,11H2,1-2H3. The molecule has 1 N–H and O–H groups in total. The highest BCUT2D eigenvalue weighted by Crippen LogP contribution is 2.31. The van der Waals surface area contributed by atoms with E-state index in [1.807, 2.05) is 13.8 Å². The summed E-state index contributed by atoms with van der Waals surface area (Å²) in [4.78, 5) is 51.5. The number of ketones is 2. The number of hydrogen-bond acceptors (Lipinski definition) is 6. The maximum atomic E-state index is 13.1. The van der Waals surface area contributed by atoms with Crippen LogP contribution in [0.5, 0.6) is 0 Å². The number of carbonyl (C=O) groups excluding carboxylic acids is 4. The first-order valence-electron chi connectivity index (χ1n) is 10.7. The molecule has 0 bridgehead atoms. The normalized spacial score (nSPS) is 19.3. The van der Waals surface area contributed by atoms with Crippen molar-refractivity contribution in [2.75, 3.05) is 4.72 Å². The van der Waals surface area contributed by atoms with E-state index in [2.05, 4.69) is 4.72 Å². The van der Waals surface area contributed by atoms with Crippen molar-refractivity contribution in [3.8, 4) is 0 Å². The van der Waals surface area contributed by atoms with Gasteiger partial charge in [0.1, 0.15) is 5.78 Å². The SMILES string of the molecule is Cc1ccc(S(=O)(=O)Nc2ccc3c(c2)C(=O)N(C2CCC(=O)CCCC2=O)C3=O)cc1C. The average Bonchev–Trinajstić information content (AvgIpc) is 2.99. The Bertz CT molecular complexity index is 1300. The zero-order chi connectivity index (χ0) is 23.9. The fourth-order valence-electron chi connectivity index (χ4n) is 4.18. The molecule has 4 rings (SSSR count). The second-order valence-corrected chi connectivity index (χ2v) is 10.2. The van der Waals surface area contributed by atoms with Gasteiger partial charge in [0, 0.05) is 24.9 Å². The van der Waals surface area contributed by atoms with Crippen LogP contribution in [-0.4, -0.2) is 42.7 Å². The van der Waals surface area contributed by atoms with Gasteiger partial charge in [0.2, 0.25) is 0 Å². The third-order valence-corrected chi connectivity index (χ3v) is 7.60. The number of imide groups is 1. The van der Waals surface area contributed by atoms with Crippen LogP contribution in [0.15, 0.2) is 41.3 Å². The van der Waals surface area contributed by atoms with Gasteiger partial charge in [0.05, 0.1) is 22.1 Å². The summed E-state index contributed by atoms with van der Waals surface area (Å²) < 4.78 is 28.1. The molecule has 0 spiro atoms. The van der Waals surface area contributed by atoms with E-state index in [-0.39, 0.29) is 52.5 Å². The predicted molar refractivity (Wildman–Crippen MR) is 121 cm³/mol. The molecule has 1 unspecified atom stereocenters. The Morgan fingerprint density at radius 2 is 1.58 bits per heavy atom. The Hall–Kier alpha value is -3.33. The summed E-state index contributed by atoms with van der Waals surface area (Å²) in [7, 11) is -3.91. The molecule has 0 radical (unpaired) electrons. The highest BCUT2D eigenvalue weighted by Gasteiger charge is 2.43. The molecule has 1 atom stereocenters. The number of sulfonamides is 1. The minimum absolute atomic E-state index is 0.00662. The first-order chi connectivity index (χ1) is 15.6. The first kappa shape index (κ1) is 22.8. The summed E-state index contributed by atoms with van der Waals surface area (Å²) in [5.74, 6) is -1.50. The van der Waals surface area contributed by atoms with Crippen molar-refractivity contribution in [1.82, 2.24) is 4.90 Å². The lowest BCUT2D eigenvalue weighted by atomic mass is 9.94. The van der Waals surface area contributed by atoms with E-state index in [1.165, 1.54) is 24.3 Å². The van der Waals surface area contributed by atoms with Gasteiger partial charge in [0.25, 0.3) is 21.8 Å². The van der Waals surface area contributed by atoms with Gasteiger partial charge in [-0.3, -0.25) is 28.8 Å². The number of amides is 2. The summed E-state index contributed by atoms with van der Waals surface area (Å²) in [6.07, 6.45) is 1.09. The molecule has 2 aromatic rings. The van der Waals surface area contributed by atoms with Crippen molar-refractivity contribution in [2.24, 2.45) is 0 Å². The van der Waals surface area contributed by atoms with Gasteiger partial charge >= 0.3 is 0 Å². The van der Waals surface area contributed by atoms with Gasteiger partial charge in [-0.15, -0.1) is 0 Å². The van der Waals surface area contributed by atoms with Crippen molar-refractivity contribution in [3.63, 3.8) is 0 Å². The van der Waals surface area contributed by atoms with Crippen LogP contribution < -0.4 is 4.72 Å². The molecule has 172 valence electrons. The zero-order valence-electron chi connectivity index (χ0n) is 18.4. The number of hydrogen-bond donors (Lipinski definition) is 1. The van der Waals surface area contributed by atoms with Gasteiger partial charge in [-0.25, -0.2) is 8.42 Å². The summed E-state index contributed by atoms with van der Waals surface area (Å²) in [5, 5.41) is 0. The molecule has 8 nitrogen and oxygen atoms in total. The van der Waals surface area contributed by atoms with Gasteiger partial charge < -0.3 is 0 Å². The van der Waals surface area contributed by atoms with E-state index < -0.39 is 27.9 Å². The van der Waals surface area contributed by atoms with Gasteiger partial charge in [0.15, 0.2) is 5.78 Å². The van der Waals surface area contributed by atoms with Gasteiger partial charge in [-0.05, 0) is 68.1 Å². The molecular weight excluding hydrogens is 444 g/mol. The molecule has 1 aliphatic heterocycles. The summed E-state index contributed by atoms with van der Waals surface area (Å²) >= 11 is 0. The number of carbonyl (C=O) groups is 4. The Morgan fingerprint density at radius 3 is 2.30 bits per heavy atom. The van der Waals surface area contributed by atoms with E-state index in [4.69, 9.17) is 0 Å². The van der Waals surface area contributed by atoms with Crippen LogP contribution >= 0.6 is 0 Å². The number of fused-ring (bicyclic) bond motifs is 1. The molecule has 1 heterocycles. The summed E-state index contributed by atoms with van der Waals surface area (Å²) in [6.45, 7) is 3.69. The molecule has 9 heteroatoms. The number of Topliss-reactive ketones (excluding diaryl/α,β-unsaturated/α-hetero) is 2. The maximum Gasteiger partial charge on any atom is 0.262 e. The summed E-state index contributed by atoms with van der Waals surface area (Å²) in [6, 6.07) is 7.88. The molecule has 1 saturated carbocycles. The van der Waals surface area contributed by atoms with Crippen molar-refractivity contribution in [2.45, 2.75) is 56.9 Å². The van der Waals surface area contributed by atoms with Crippen LogP contribution in [0.4, 0.5) is 5.69 Å². The van der Waals surface area contributed by atoms with Crippen molar-refractivity contribution in [3.05, 3.63) is 58.7 Å². The Labute approximate surface area is 192 Å². The van der Waals surface area contributed by atoms with E-state index >= 15 is 0 Å². The molecule has 1 fully saturated rings. The minimum atomic E-state index is -3.91. The molecule has 33 heavy (non-hydrogen) atoms. The van der Waals surface area contributed by atoms with Crippen LogP contribution in [0.2, 0.25) is 0 Å². The second-order valence-electron chi connectivity index (χ2n) is 8.51. The molecule has 2 amide bonds. The number of anilines is 1. The topological polar surface area (TPSA) is 118 Å². The lowest BCUT2D eigenvalue weighted by Gasteiger charge is -2.26. The molecular formula is C24H24N2O6S. The smallest absolute Gasteiger partial charge is 0.262 e. The predicted octanol–water partition coefficient (Wildman–Crippen LogP) is 3.17. The van der Waals surface area contributed by atoms with Crippen LogP contribution in [0.25, 0.3) is 0 Å². The molecule has 2 aromatic carbocycles. The zero-order valence-corrected chi connectivity index (χ0v) is 19.2. The quantitative estimate of drug-likeness (QED) is 0.689. The number of rotatable bonds is 4. The number of benzene rings is 2. The largest absolute Gasteiger partial charge is 0.300 e. The lowest BCUT2D eigenvalue weighted by molar-refractivity contribution is -0.125. The molecule has 0 aromatic heterocycles. The van der Waals surface area contributed by atoms with Gasteiger partial charge in [-0.1, -0.05) is 6.07 Å². The number of aryl methyl sites for hydroxylation is 2. The van der Waals surface area contributed by atoms with E-state index in [0.717, 1.165) is 16.0 Å². The monoisotopic (exact) mass is 468 g/mol. The third-order valence-electron chi connectivity index (χ3n) is 6.22. The van der Waals surface area contributed by atoms with Crippen molar-refractivity contribution < 1.29 is 27.6 Å². The van der Waals surface area contributed by atoms with Crippen LogP contribution in [0.3, 0.4) is 0 Å². The fourth-order valence-corrected chi connectivity index (χ4v) is 5.32. The minimum Gasteiger partial charge on any atom is -0.300 e. The van der Waals surface area contributed by atoms with Gasteiger partial charge in [-0.2, -0.15) is 0 Å². The average molecular weight is 469 g/mol. The van der Waals surface area contributed by atoms with Crippen molar-refractivity contribution >= 4 is 39.1 Å². The Morgan fingerprint density at radius 1 is 0.848 bits per heavy atom. The molecule has 1 aliphatic carbocycles. The highest BCUT2D eigenvalue weighted by atomic mass is 32.2. The third kappa shape index (κ3) is 4.32. The second kappa shape index (κ2) is 8.55. The maximum absolute atomic E-state index is 13.1. The van der Waals surface area contributed by atoms with E-state index in [1.54, 1.807) is 12.1 Å². The van der Waals surface area contributed by atoms with Crippen LogP contribution in [-0.2, 0) is 19.6 Å². The van der Waals surface area contributed by atoms with Crippen LogP contribution in [0, 0.1) is 13.8 Å². The number of nitrogens with one attached hydrogen (secondary N) is 1. The summed E-state index contributed by atoms with van der Waals surface area (Å²) in [5.41, 5.74) is 2.05.